The normalized spacial score (nSPS) is 12.2. The average molecular weight is 295 g/mol. The van der Waals surface area contributed by atoms with Gasteiger partial charge in [-0.2, -0.15) is 0 Å². The zero-order valence-electron chi connectivity index (χ0n) is 13.2. The second-order valence-corrected chi connectivity index (χ2v) is 5.42. The molecular formula is C14H26NNaO4. The molecule has 0 aliphatic carbocycles. The van der Waals surface area contributed by atoms with Crippen molar-refractivity contribution in [3.05, 3.63) is 0 Å². The number of unbranched alkanes of at least 4 members (excludes halogenated alkanes) is 2. The first-order chi connectivity index (χ1) is 8.84. The number of carboxylic acids is 2. The average Bonchev–Trinajstić information content (AvgIpc) is 2.30. The molecule has 0 saturated carbocycles. The van der Waals surface area contributed by atoms with E-state index >= 15 is 0 Å². The SMILES string of the molecule is CC(C)CCCCCN(CCC(=O)O)C(C)C(=O)[O-].[Na+]. The molecule has 0 radical (unpaired) electrons. The summed E-state index contributed by atoms with van der Waals surface area (Å²) in [5.41, 5.74) is 0. The van der Waals surface area contributed by atoms with Crippen LogP contribution in [0.1, 0.15) is 52.9 Å². The minimum absolute atomic E-state index is 0. The molecule has 0 fully saturated rings. The zero-order valence-corrected chi connectivity index (χ0v) is 15.2. The van der Waals surface area contributed by atoms with Crippen LogP contribution < -0.4 is 34.7 Å². The molecule has 0 rings (SSSR count). The second kappa shape index (κ2) is 12.6. The van der Waals surface area contributed by atoms with Crippen LogP contribution in [-0.2, 0) is 9.59 Å². The minimum Gasteiger partial charge on any atom is -0.548 e. The van der Waals surface area contributed by atoms with Gasteiger partial charge in [0, 0.05) is 12.6 Å². The number of hydrogen-bond donors (Lipinski definition) is 1. The Hall–Kier alpha value is -0.100. The first kappa shape index (κ1) is 22.2. The van der Waals surface area contributed by atoms with Gasteiger partial charge < -0.3 is 15.0 Å². The molecule has 1 N–H and O–H groups in total. The molecule has 0 aliphatic rings. The fourth-order valence-electron chi connectivity index (χ4n) is 1.93. The maximum absolute atomic E-state index is 10.9. The first-order valence-electron chi connectivity index (χ1n) is 7.01. The van der Waals surface area contributed by atoms with E-state index in [1.807, 2.05) is 0 Å². The number of aliphatic carboxylic acids is 2. The molecule has 20 heavy (non-hydrogen) atoms. The number of carbonyl (C=O) groups excluding carboxylic acids is 1. The maximum Gasteiger partial charge on any atom is 1.00 e. The summed E-state index contributed by atoms with van der Waals surface area (Å²) >= 11 is 0. The summed E-state index contributed by atoms with van der Waals surface area (Å²) in [6.07, 6.45) is 4.20. The van der Waals surface area contributed by atoms with E-state index in [2.05, 4.69) is 13.8 Å². The van der Waals surface area contributed by atoms with Crippen molar-refractivity contribution in [2.24, 2.45) is 5.92 Å². The zero-order chi connectivity index (χ0) is 14.8. The van der Waals surface area contributed by atoms with Crippen molar-refractivity contribution in [2.45, 2.75) is 58.9 Å². The number of hydrogen-bond acceptors (Lipinski definition) is 4. The van der Waals surface area contributed by atoms with Crippen molar-refractivity contribution in [1.82, 2.24) is 4.90 Å². The number of carbonyl (C=O) groups is 2. The smallest absolute Gasteiger partial charge is 0.548 e. The Morgan fingerprint density at radius 3 is 2.15 bits per heavy atom. The standard InChI is InChI=1S/C14H27NO4.Na/c1-11(2)7-5-4-6-9-15(10-8-13(16)17)12(3)14(18)19;/h11-12H,4-10H2,1-3H3,(H,16,17)(H,18,19);/q;+1/p-1. The molecular weight excluding hydrogens is 269 g/mol. The molecule has 0 saturated heterocycles. The Bertz CT molecular complexity index is 284. The summed E-state index contributed by atoms with van der Waals surface area (Å²) in [5, 5.41) is 19.5. The van der Waals surface area contributed by atoms with Gasteiger partial charge in [-0.25, -0.2) is 0 Å². The second-order valence-electron chi connectivity index (χ2n) is 5.42. The van der Waals surface area contributed by atoms with Gasteiger partial charge in [-0.15, -0.1) is 0 Å². The van der Waals surface area contributed by atoms with Crippen LogP contribution in [-0.4, -0.2) is 41.1 Å². The number of carboxylic acid groups (broad SMARTS) is 2. The summed E-state index contributed by atoms with van der Waals surface area (Å²) in [6.45, 7) is 6.77. The van der Waals surface area contributed by atoms with E-state index in [-0.39, 0.29) is 42.5 Å². The van der Waals surface area contributed by atoms with Crippen molar-refractivity contribution >= 4 is 11.9 Å². The Morgan fingerprint density at radius 1 is 1.10 bits per heavy atom. The molecule has 0 aliphatic heterocycles. The van der Waals surface area contributed by atoms with E-state index in [0.29, 0.717) is 12.5 Å². The van der Waals surface area contributed by atoms with Crippen LogP contribution in [0.4, 0.5) is 0 Å². The molecule has 0 amide bonds. The quantitative estimate of drug-likeness (QED) is 0.356. The van der Waals surface area contributed by atoms with Gasteiger partial charge in [0.05, 0.1) is 12.4 Å². The van der Waals surface area contributed by atoms with E-state index in [0.717, 1.165) is 19.3 Å². The molecule has 5 nitrogen and oxygen atoms in total. The third-order valence-electron chi connectivity index (χ3n) is 3.23. The third-order valence-corrected chi connectivity index (χ3v) is 3.23. The van der Waals surface area contributed by atoms with E-state index in [4.69, 9.17) is 5.11 Å². The summed E-state index contributed by atoms with van der Waals surface area (Å²) in [6, 6.07) is -0.732. The molecule has 0 spiro atoms. The van der Waals surface area contributed by atoms with Gasteiger partial charge in [-0.3, -0.25) is 9.69 Å². The van der Waals surface area contributed by atoms with Gasteiger partial charge in [0.25, 0.3) is 0 Å². The van der Waals surface area contributed by atoms with E-state index in [9.17, 15) is 14.7 Å². The van der Waals surface area contributed by atoms with Crippen LogP contribution in [0.3, 0.4) is 0 Å². The molecule has 112 valence electrons. The third kappa shape index (κ3) is 11.7. The van der Waals surface area contributed by atoms with Crippen LogP contribution >= 0.6 is 0 Å². The van der Waals surface area contributed by atoms with Crippen molar-refractivity contribution in [3.8, 4) is 0 Å². The Kier molecular flexibility index (Phi) is 14.0. The predicted molar refractivity (Wildman–Crippen MR) is 71.6 cm³/mol. The molecule has 1 atom stereocenters. The summed E-state index contributed by atoms with van der Waals surface area (Å²) in [7, 11) is 0. The Balaban J connectivity index is 0. The Labute approximate surface area is 144 Å². The molecule has 0 bridgehead atoms. The van der Waals surface area contributed by atoms with Gasteiger partial charge in [0.1, 0.15) is 0 Å². The number of rotatable bonds is 11. The van der Waals surface area contributed by atoms with Crippen molar-refractivity contribution < 1.29 is 49.4 Å². The predicted octanol–water partition coefficient (Wildman–Crippen LogP) is -1.88. The molecule has 0 heterocycles. The number of nitrogens with zero attached hydrogens (tertiary/aromatic N) is 1. The summed E-state index contributed by atoms with van der Waals surface area (Å²) < 4.78 is 0. The van der Waals surface area contributed by atoms with E-state index in [1.165, 1.54) is 6.42 Å². The van der Waals surface area contributed by atoms with Gasteiger partial charge in [-0.1, -0.05) is 33.1 Å². The van der Waals surface area contributed by atoms with Crippen molar-refractivity contribution in [2.75, 3.05) is 13.1 Å². The topological polar surface area (TPSA) is 80.7 Å². The van der Waals surface area contributed by atoms with E-state index < -0.39 is 18.0 Å². The summed E-state index contributed by atoms with van der Waals surface area (Å²) in [5.74, 6) is -1.37. The van der Waals surface area contributed by atoms with Crippen LogP contribution in [0.15, 0.2) is 0 Å². The monoisotopic (exact) mass is 295 g/mol. The van der Waals surface area contributed by atoms with Gasteiger partial charge in [-0.05, 0) is 25.8 Å². The Morgan fingerprint density at radius 2 is 1.70 bits per heavy atom. The fourth-order valence-corrected chi connectivity index (χ4v) is 1.93. The van der Waals surface area contributed by atoms with Crippen molar-refractivity contribution in [3.63, 3.8) is 0 Å². The molecule has 6 heteroatoms. The first-order valence-corrected chi connectivity index (χ1v) is 7.01. The molecule has 0 aromatic carbocycles. The molecule has 0 aromatic heterocycles. The van der Waals surface area contributed by atoms with Gasteiger partial charge >= 0.3 is 35.5 Å². The van der Waals surface area contributed by atoms with E-state index in [1.54, 1.807) is 11.8 Å². The largest absolute Gasteiger partial charge is 1.00 e. The van der Waals surface area contributed by atoms with Crippen LogP contribution in [0.5, 0.6) is 0 Å². The van der Waals surface area contributed by atoms with Crippen molar-refractivity contribution in [1.29, 1.82) is 0 Å². The fraction of sp³-hybridized carbons (Fsp3) is 0.857. The van der Waals surface area contributed by atoms with Crippen LogP contribution in [0.2, 0.25) is 0 Å². The van der Waals surface area contributed by atoms with Gasteiger partial charge in [0.2, 0.25) is 0 Å². The van der Waals surface area contributed by atoms with Crippen LogP contribution in [0.25, 0.3) is 0 Å². The maximum atomic E-state index is 10.9. The van der Waals surface area contributed by atoms with Gasteiger partial charge in [0.15, 0.2) is 0 Å². The summed E-state index contributed by atoms with van der Waals surface area (Å²) in [4.78, 5) is 23.1. The molecule has 0 aromatic rings. The molecule has 1 unspecified atom stereocenters. The van der Waals surface area contributed by atoms with Crippen LogP contribution in [0, 0.1) is 5.92 Å². The minimum atomic E-state index is -1.15.